The van der Waals surface area contributed by atoms with Crippen LogP contribution in [-0.2, 0) is 38.2 Å². The standard InChI is InChI=1S/C63H69N3O9S2/c1-60(2,3)75-57(72)38-37-52(64-55(69)42-51(67)36-22-23-41-76-62(45-24-10-4-11-25-45,46-26-12-5-13-27-46)47-28-14-6-15-29-47)58(73)65-53(59(74)66-61(39-40-61)54(68)43-56(70)71)44-77-63(48-30-16-7-17-31-48,49-32-18-8-19-33-49)50-34-20-9-21-35-50/h4-22,24-36,51-54,67-68H,23,37-44H2,1-3H3,(H,64,69)(H,65,73)(H,66,74)(H,70,71)/b36-22+/t51-,52-,53?,54?/m1/s1. The maximum Gasteiger partial charge on any atom is 0.306 e. The van der Waals surface area contributed by atoms with E-state index in [1.807, 2.05) is 152 Å². The molecule has 2 unspecified atom stereocenters. The first kappa shape index (κ1) is 57.7. The molecule has 6 aromatic rings. The largest absolute Gasteiger partial charge is 0.481 e. The fourth-order valence-electron chi connectivity index (χ4n) is 9.54. The fourth-order valence-corrected chi connectivity index (χ4v) is 12.6. The Bertz CT molecular complexity index is 2690. The molecule has 0 bridgehead atoms. The van der Waals surface area contributed by atoms with Crippen molar-refractivity contribution in [3.8, 4) is 0 Å². The summed E-state index contributed by atoms with van der Waals surface area (Å²) in [6, 6.07) is 57.7. The van der Waals surface area contributed by atoms with Gasteiger partial charge in [-0.15, -0.1) is 23.5 Å². The molecule has 7 rings (SSSR count). The predicted octanol–water partition coefficient (Wildman–Crippen LogP) is 9.71. The first-order chi connectivity index (χ1) is 37.0. The number of nitrogens with one attached hydrogen (secondary N) is 3. The zero-order valence-corrected chi connectivity index (χ0v) is 45.4. The predicted molar refractivity (Wildman–Crippen MR) is 305 cm³/mol. The number of allylic oxidation sites excluding steroid dienone is 1. The number of hydrogen-bond donors (Lipinski definition) is 6. The molecular formula is C63H69N3O9S2. The van der Waals surface area contributed by atoms with Gasteiger partial charge >= 0.3 is 11.9 Å². The van der Waals surface area contributed by atoms with Crippen molar-refractivity contribution in [2.75, 3.05) is 11.5 Å². The van der Waals surface area contributed by atoms with Gasteiger partial charge in [0, 0.05) is 12.2 Å². The number of carbonyl (C=O) groups excluding carboxylic acids is 4. The van der Waals surface area contributed by atoms with Gasteiger partial charge in [0.05, 0.1) is 40.1 Å². The number of thioether (sulfide) groups is 2. The average Bonchev–Trinajstić information content (AvgIpc) is 4.29. The molecule has 0 heterocycles. The highest BCUT2D eigenvalue weighted by Crippen LogP contribution is 2.50. The van der Waals surface area contributed by atoms with Crippen LogP contribution in [0, 0.1) is 0 Å². The zero-order valence-electron chi connectivity index (χ0n) is 43.8. The number of carbonyl (C=O) groups is 5. The molecule has 1 aliphatic rings. The Labute approximate surface area is 460 Å². The van der Waals surface area contributed by atoms with E-state index in [1.165, 1.54) is 11.8 Å². The van der Waals surface area contributed by atoms with E-state index in [0.29, 0.717) is 25.0 Å². The summed E-state index contributed by atoms with van der Waals surface area (Å²) < 4.78 is 4.11. The van der Waals surface area contributed by atoms with Crippen molar-refractivity contribution in [2.45, 2.75) is 111 Å². The topological polar surface area (TPSA) is 191 Å². The third-order valence-electron chi connectivity index (χ3n) is 13.4. The molecule has 0 saturated heterocycles. The van der Waals surface area contributed by atoms with Crippen LogP contribution in [0.3, 0.4) is 0 Å². The Kier molecular flexibility index (Phi) is 20.1. The lowest BCUT2D eigenvalue weighted by Gasteiger charge is -2.37. The molecule has 0 spiro atoms. The summed E-state index contributed by atoms with van der Waals surface area (Å²) in [5, 5.41) is 40.3. The van der Waals surface area contributed by atoms with Crippen LogP contribution in [0.25, 0.3) is 0 Å². The van der Waals surface area contributed by atoms with Crippen LogP contribution in [0.15, 0.2) is 194 Å². The molecule has 0 aliphatic heterocycles. The molecular weight excluding hydrogens is 1010 g/mol. The van der Waals surface area contributed by atoms with Crippen molar-refractivity contribution in [1.82, 2.24) is 16.0 Å². The van der Waals surface area contributed by atoms with Crippen LogP contribution >= 0.6 is 23.5 Å². The Hall–Kier alpha value is -6.97. The van der Waals surface area contributed by atoms with E-state index in [0.717, 1.165) is 33.4 Å². The molecule has 1 fully saturated rings. The summed E-state index contributed by atoms with van der Waals surface area (Å²) in [5.41, 5.74) is 4.03. The third-order valence-corrected chi connectivity index (χ3v) is 16.6. The van der Waals surface area contributed by atoms with Gasteiger partial charge in [-0.3, -0.25) is 24.0 Å². The van der Waals surface area contributed by atoms with Crippen LogP contribution in [0.5, 0.6) is 0 Å². The van der Waals surface area contributed by atoms with Crippen LogP contribution in [0.2, 0.25) is 0 Å². The van der Waals surface area contributed by atoms with Crippen LogP contribution in [-0.4, -0.2) is 91.9 Å². The number of esters is 1. The molecule has 77 heavy (non-hydrogen) atoms. The van der Waals surface area contributed by atoms with Crippen molar-refractivity contribution >= 4 is 53.2 Å². The second-order valence-electron chi connectivity index (χ2n) is 20.3. The maximum absolute atomic E-state index is 14.7. The van der Waals surface area contributed by atoms with E-state index >= 15 is 0 Å². The molecule has 6 N–H and O–H groups in total. The Morgan fingerprint density at radius 1 is 0.584 bits per heavy atom. The van der Waals surface area contributed by atoms with Gasteiger partial charge in [-0.25, -0.2) is 0 Å². The first-order valence-electron chi connectivity index (χ1n) is 26.0. The van der Waals surface area contributed by atoms with Gasteiger partial charge in [0.15, 0.2) is 0 Å². The van der Waals surface area contributed by atoms with Gasteiger partial charge < -0.3 is 36.0 Å². The summed E-state index contributed by atoms with van der Waals surface area (Å²) in [4.78, 5) is 68.1. The van der Waals surface area contributed by atoms with E-state index in [2.05, 4.69) is 52.3 Å². The normalized spacial score (nSPS) is 14.8. The van der Waals surface area contributed by atoms with Crippen molar-refractivity contribution in [1.29, 1.82) is 0 Å². The van der Waals surface area contributed by atoms with E-state index < -0.39 is 87.4 Å². The smallest absolute Gasteiger partial charge is 0.306 e. The SMILES string of the molecule is CC(C)(C)OC(=O)CC[C@@H](NC(=O)C[C@H](O)/C=C/CCSC(c1ccccc1)(c1ccccc1)c1ccccc1)C(=O)NC(CSC(c1ccccc1)(c1ccccc1)c1ccccc1)C(=O)NC1(C(O)CC(=O)O)CC1. The number of carboxylic acids is 1. The summed E-state index contributed by atoms with van der Waals surface area (Å²) in [5.74, 6) is -3.32. The molecule has 0 aromatic heterocycles. The molecule has 6 aromatic carbocycles. The van der Waals surface area contributed by atoms with Gasteiger partial charge in [-0.2, -0.15) is 0 Å². The highest BCUT2D eigenvalue weighted by Gasteiger charge is 2.52. The quantitative estimate of drug-likeness (QED) is 0.0125. The average molecular weight is 1080 g/mol. The third kappa shape index (κ3) is 15.4. The van der Waals surface area contributed by atoms with Crippen molar-refractivity contribution in [3.63, 3.8) is 0 Å². The van der Waals surface area contributed by atoms with E-state index in [4.69, 9.17) is 4.74 Å². The Morgan fingerprint density at radius 2 is 1.00 bits per heavy atom. The highest BCUT2D eigenvalue weighted by molar-refractivity contribution is 8.00. The molecule has 402 valence electrons. The minimum Gasteiger partial charge on any atom is -0.481 e. The second kappa shape index (κ2) is 26.9. The number of rotatable bonds is 27. The van der Waals surface area contributed by atoms with Crippen LogP contribution < -0.4 is 16.0 Å². The molecule has 14 heteroatoms. The molecule has 12 nitrogen and oxygen atoms in total. The van der Waals surface area contributed by atoms with Gasteiger partial charge in [0.2, 0.25) is 17.7 Å². The summed E-state index contributed by atoms with van der Waals surface area (Å²) in [7, 11) is 0. The summed E-state index contributed by atoms with van der Waals surface area (Å²) in [6.45, 7) is 5.16. The summed E-state index contributed by atoms with van der Waals surface area (Å²) in [6.07, 6.45) is 0.533. The van der Waals surface area contributed by atoms with Gasteiger partial charge in [-0.05, 0) is 85.6 Å². The molecule has 4 atom stereocenters. The number of benzene rings is 6. The summed E-state index contributed by atoms with van der Waals surface area (Å²) >= 11 is 3.18. The lowest BCUT2D eigenvalue weighted by atomic mass is 9.84. The van der Waals surface area contributed by atoms with Crippen molar-refractivity contribution in [3.05, 3.63) is 228 Å². The van der Waals surface area contributed by atoms with Gasteiger partial charge in [-0.1, -0.05) is 194 Å². The monoisotopic (exact) mass is 1080 g/mol. The minimum atomic E-state index is -1.39. The number of aliphatic carboxylic acids is 1. The lowest BCUT2D eigenvalue weighted by Crippen LogP contribution is -2.58. The number of amides is 3. The Balaban J connectivity index is 1.11. The lowest BCUT2D eigenvalue weighted by molar-refractivity contribution is -0.155. The molecule has 3 amide bonds. The number of carboxylic acid groups (broad SMARTS) is 1. The first-order valence-corrected chi connectivity index (χ1v) is 28.0. The van der Waals surface area contributed by atoms with Crippen LogP contribution in [0.1, 0.15) is 99.1 Å². The zero-order chi connectivity index (χ0) is 54.9. The van der Waals surface area contributed by atoms with E-state index in [1.54, 1.807) is 38.6 Å². The number of ether oxygens (including phenoxy) is 1. The second-order valence-corrected chi connectivity index (χ2v) is 22.8. The molecule has 1 aliphatic carbocycles. The van der Waals surface area contributed by atoms with Crippen LogP contribution in [0.4, 0.5) is 0 Å². The minimum absolute atomic E-state index is 0.0426. The Morgan fingerprint density at radius 3 is 1.39 bits per heavy atom. The molecule has 1 saturated carbocycles. The van der Waals surface area contributed by atoms with E-state index in [-0.39, 0.29) is 18.6 Å². The number of aliphatic hydroxyl groups is 2. The van der Waals surface area contributed by atoms with Gasteiger partial charge in [0.25, 0.3) is 0 Å². The number of hydrogen-bond acceptors (Lipinski definition) is 10. The van der Waals surface area contributed by atoms with Crippen molar-refractivity contribution in [2.24, 2.45) is 0 Å². The molecule has 0 radical (unpaired) electrons. The van der Waals surface area contributed by atoms with E-state index in [9.17, 15) is 39.3 Å². The highest BCUT2D eigenvalue weighted by atomic mass is 32.2. The fraction of sp³-hybridized carbons (Fsp3) is 0.317. The number of aliphatic hydroxyl groups excluding tert-OH is 2. The van der Waals surface area contributed by atoms with Crippen molar-refractivity contribution < 1.29 is 44.0 Å². The van der Waals surface area contributed by atoms with Gasteiger partial charge in [0.1, 0.15) is 17.7 Å². The maximum atomic E-state index is 14.7.